The van der Waals surface area contributed by atoms with Gasteiger partial charge in [-0.15, -0.1) is 0 Å². The highest BCUT2D eigenvalue weighted by Gasteiger charge is 2.57. The van der Waals surface area contributed by atoms with Gasteiger partial charge < -0.3 is 42.1 Å². The predicted molar refractivity (Wildman–Crippen MR) is 149 cm³/mol. The van der Waals surface area contributed by atoms with Crippen molar-refractivity contribution < 1.29 is 34.8 Å². The third-order valence-corrected chi connectivity index (χ3v) is 8.66. The number of rotatable bonds is 8. The number of aromatic hydroxyl groups is 1. The van der Waals surface area contributed by atoms with Gasteiger partial charge in [-0.3, -0.25) is 14.4 Å². The minimum absolute atomic E-state index is 0.00531. The third kappa shape index (κ3) is 5.23. The van der Waals surface area contributed by atoms with Crippen molar-refractivity contribution in [1.82, 2.24) is 10.6 Å². The molecule has 2 aliphatic carbocycles. The van der Waals surface area contributed by atoms with E-state index in [-0.39, 0.29) is 46.8 Å². The standard InChI is InChI=1S/C29H42N4O7/c1-27(2)11-16(12-28(3,4)33-27)32-18-7-6-14-8-15-9-17(19(13-34)31-5)29(40,20(35)10-21(30)36)26(39)23(15)25(38)22(14)24(18)37/h6-7,15-17,19,31-34,37,39-40H,8-13H2,1-5H3,(H2,30,36)/t15-,17-,19+,29+/m0/s1. The molecule has 1 fully saturated rings. The Hall–Kier alpha value is -2.99. The Kier molecular flexibility index (Phi) is 7.83. The van der Waals surface area contributed by atoms with Gasteiger partial charge in [0.05, 0.1) is 24.3 Å². The van der Waals surface area contributed by atoms with Crippen molar-refractivity contribution >= 4 is 23.2 Å². The van der Waals surface area contributed by atoms with E-state index in [9.17, 15) is 34.8 Å². The fourth-order valence-electron chi connectivity index (χ4n) is 7.37. The van der Waals surface area contributed by atoms with Crippen molar-refractivity contribution in [2.24, 2.45) is 17.6 Å². The van der Waals surface area contributed by atoms with E-state index in [1.54, 1.807) is 12.1 Å². The zero-order chi connectivity index (χ0) is 29.8. The quantitative estimate of drug-likeness (QED) is 0.169. The van der Waals surface area contributed by atoms with Crippen LogP contribution in [0.25, 0.3) is 0 Å². The van der Waals surface area contributed by atoms with Gasteiger partial charge in [0.15, 0.2) is 17.2 Å². The van der Waals surface area contributed by atoms with Crippen molar-refractivity contribution in [3.05, 3.63) is 34.6 Å². The van der Waals surface area contributed by atoms with Crippen LogP contribution in [-0.2, 0) is 16.0 Å². The van der Waals surface area contributed by atoms with Gasteiger partial charge in [-0.05, 0) is 78.0 Å². The lowest BCUT2D eigenvalue weighted by molar-refractivity contribution is -0.148. The van der Waals surface area contributed by atoms with E-state index in [1.807, 2.05) is 0 Å². The van der Waals surface area contributed by atoms with Gasteiger partial charge in [0.2, 0.25) is 5.91 Å². The summed E-state index contributed by atoms with van der Waals surface area (Å²) in [5.41, 5.74) is 3.09. The zero-order valence-corrected chi connectivity index (χ0v) is 23.8. The highest BCUT2D eigenvalue weighted by atomic mass is 16.3. The number of hydrogen-bond donors (Lipinski definition) is 8. The summed E-state index contributed by atoms with van der Waals surface area (Å²) in [6.07, 6.45) is 1.04. The van der Waals surface area contributed by atoms with E-state index in [1.165, 1.54) is 7.05 Å². The van der Waals surface area contributed by atoms with E-state index in [2.05, 4.69) is 43.6 Å². The number of carbonyl (C=O) groups is 3. The Balaban J connectivity index is 1.76. The Morgan fingerprint density at radius 3 is 2.33 bits per heavy atom. The number of allylic oxidation sites excluding steroid dienone is 1. The zero-order valence-electron chi connectivity index (χ0n) is 23.8. The van der Waals surface area contributed by atoms with Gasteiger partial charge in [-0.2, -0.15) is 0 Å². The van der Waals surface area contributed by atoms with Gasteiger partial charge in [-0.25, -0.2) is 0 Å². The van der Waals surface area contributed by atoms with Gasteiger partial charge in [-0.1, -0.05) is 6.07 Å². The molecule has 9 N–H and O–H groups in total. The van der Waals surface area contributed by atoms with Crippen LogP contribution in [0.3, 0.4) is 0 Å². The van der Waals surface area contributed by atoms with Crippen LogP contribution in [0, 0.1) is 11.8 Å². The first-order valence-corrected chi connectivity index (χ1v) is 13.8. The maximum absolute atomic E-state index is 13.9. The van der Waals surface area contributed by atoms with Crippen molar-refractivity contribution in [3.8, 4) is 5.75 Å². The first-order chi connectivity index (χ1) is 18.5. The molecule has 11 nitrogen and oxygen atoms in total. The number of fused-ring (bicyclic) bond motifs is 2. The number of amides is 1. The molecular formula is C29H42N4O7. The Morgan fingerprint density at radius 1 is 1.15 bits per heavy atom. The number of Topliss-reactive ketones (excluding diaryl/α,β-unsaturated/α-hetero) is 2. The molecule has 1 aliphatic heterocycles. The molecule has 1 amide bonds. The molecule has 0 saturated carbocycles. The summed E-state index contributed by atoms with van der Waals surface area (Å²) in [6.45, 7) is 7.98. The molecule has 4 atom stereocenters. The topological polar surface area (TPSA) is 194 Å². The summed E-state index contributed by atoms with van der Waals surface area (Å²) in [7, 11) is 1.54. The molecule has 1 aromatic carbocycles. The molecule has 0 radical (unpaired) electrons. The molecular weight excluding hydrogens is 516 g/mol. The number of phenols is 1. The summed E-state index contributed by atoms with van der Waals surface area (Å²) in [6, 6.07) is 2.71. The minimum atomic E-state index is -2.62. The number of nitrogens with two attached hydrogens (primary N) is 1. The van der Waals surface area contributed by atoms with Crippen LogP contribution in [0.2, 0.25) is 0 Å². The lowest BCUT2D eigenvalue weighted by atomic mass is 9.61. The molecule has 40 heavy (non-hydrogen) atoms. The summed E-state index contributed by atoms with van der Waals surface area (Å²) in [4.78, 5) is 38.6. The molecule has 0 unspecified atom stereocenters. The van der Waals surface area contributed by atoms with E-state index in [4.69, 9.17) is 5.73 Å². The highest BCUT2D eigenvalue weighted by molar-refractivity contribution is 6.15. The number of benzene rings is 1. The fourth-order valence-corrected chi connectivity index (χ4v) is 7.37. The van der Waals surface area contributed by atoms with Crippen LogP contribution >= 0.6 is 0 Å². The van der Waals surface area contributed by atoms with Gasteiger partial charge in [0, 0.05) is 34.7 Å². The molecule has 11 heteroatoms. The molecule has 1 heterocycles. The number of phenolic OH excluding ortho intramolecular Hbond substituents is 1. The monoisotopic (exact) mass is 558 g/mol. The third-order valence-electron chi connectivity index (χ3n) is 8.66. The number of likely N-dealkylation sites (N-methyl/N-ethyl adjacent to an activating group) is 1. The summed E-state index contributed by atoms with van der Waals surface area (Å²) < 4.78 is 0. The number of primary amides is 1. The Bertz CT molecular complexity index is 1240. The smallest absolute Gasteiger partial charge is 0.225 e. The molecule has 0 bridgehead atoms. The molecule has 4 rings (SSSR count). The minimum Gasteiger partial charge on any atom is -0.508 e. The molecule has 0 spiro atoms. The van der Waals surface area contributed by atoms with Gasteiger partial charge in [0.1, 0.15) is 11.5 Å². The second-order valence-electron chi connectivity index (χ2n) is 12.9. The highest BCUT2D eigenvalue weighted by Crippen LogP contribution is 2.49. The van der Waals surface area contributed by atoms with Crippen LogP contribution in [0.1, 0.15) is 69.3 Å². The van der Waals surface area contributed by atoms with Crippen molar-refractivity contribution in [3.63, 3.8) is 0 Å². The van der Waals surface area contributed by atoms with Crippen LogP contribution < -0.4 is 21.7 Å². The Morgan fingerprint density at radius 2 is 1.77 bits per heavy atom. The van der Waals surface area contributed by atoms with Crippen LogP contribution in [0.4, 0.5) is 5.69 Å². The first-order valence-electron chi connectivity index (χ1n) is 13.8. The normalized spacial score (nSPS) is 28.4. The molecule has 220 valence electrons. The lowest BCUT2D eigenvalue weighted by Gasteiger charge is -2.47. The maximum Gasteiger partial charge on any atom is 0.225 e. The van der Waals surface area contributed by atoms with Gasteiger partial charge in [0.25, 0.3) is 0 Å². The molecule has 1 aromatic rings. The average Bonchev–Trinajstić information content (AvgIpc) is 2.82. The van der Waals surface area contributed by atoms with E-state index in [0.717, 1.165) is 12.8 Å². The van der Waals surface area contributed by atoms with Crippen molar-refractivity contribution in [2.45, 2.75) is 88.6 Å². The lowest BCUT2D eigenvalue weighted by Crippen LogP contribution is -2.60. The van der Waals surface area contributed by atoms with Crippen LogP contribution in [-0.4, -0.2) is 80.3 Å². The van der Waals surface area contributed by atoms with Crippen molar-refractivity contribution in [1.29, 1.82) is 0 Å². The molecule has 3 aliphatic rings. The van der Waals surface area contributed by atoms with Gasteiger partial charge >= 0.3 is 0 Å². The average molecular weight is 559 g/mol. The summed E-state index contributed by atoms with van der Waals surface area (Å²) in [5.74, 6) is -5.49. The number of aliphatic hydroxyl groups excluding tert-OH is 2. The summed E-state index contributed by atoms with van der Waals surface area (Å²) >= 11 is 0. The van der Waals surface area contributed by atoms with Crippen LogP contribution in [0.15, 0.2) is 23.5 Å². The fraction of sp³-hybridized carbons (Fsp3) is 0.621. The van der Waals surface area contributed by atoms with E-state index < -0.39 is 59.7 Å². The van der Waals surface area contributed by atoms with E-state index in [0.29, 0.717) is 11.3 Å². The number of ketones is 2. The summed E-state index contributed by atoms with van der Waals surface area (Å²) in [5, 5.41) is 54.1. The number of nitrogens with one attached hydrogen (secondary N) is 3. The largest absolute Gasteiger partial charge is 0.508 e. The number of hydrogen-bond acceptors (Lipinski definition) is 10. The second-order valence-corrected chi connectivity index (χ2v) is 12.9. The Labute approximate surface area is 234 Å². The van der Waals surface area contributed by atoms with Crippen molar-refractivity contribution in [2.75, 3.05) is 19.0 Å². The predicted octanol–water partition coefficient (Wildman–Crippen LogP) is 1.06. The van der Waals surface area contributed by atoms with Crippen LogP contribution in [0.5, 0.6) is 5.75 Å². The second kappa shape index (κ2) is 10.4. The maximum atomic E-state index is 13.9. The number of carbonyl (C=O) groups excluding carboxylic acids is 3. The SMILES string of the molecule is CN[C@H](CO)[C@@H]1C[C@@H]2Cc3ccc(NC4CC(C)(C)NC(C)(C)C4)c(O)c3C(=O)C2=C(O)[C@]1(O)C(=O)CC(N)=O. The first kappa shape index (κ1) is 30.0. The number of anilines is 1. The number of aliphatic hydroxyl groups is 3. The molecule has 1 saturated heterocycles. The van der Waals surface area contributed by atoms with E-state index >= 15 is 0 Å². The molecule has 0 aromatic heterocycles. The number of piperidine rings is 1.